The number of H-pyrrole nitrogens is 1. The van der Waals surface area contributed by atoms with Gasteiger partial charge in [0.05, 0.1) is 18.3 Å². The van der Waals surface area contributed by atoms with E-state index in [1.807, 2.05) is 30.3 Å². The van der Waals surface area contributed by atoms with Gasteiger partial charge in [0, 0.05) is 38.2 Å². The fraction of sp³-hybridized carbons (Fsp3) is 0.440. The number of nitrogens with one attached hydrogen (secondary N) is 1. The third kappa shape index (κ3) is 5.28. The van der Waals surface area contributed by atoms with Crippen LogP contribution in [-0.4, -0.2) is 31.2 Å². The van der Waals surface area contributed by atoms with Gasteiger partial charge in [-0.3, -0.25) is 0 Å². The normalized spacial score (nSPS) is 13.3. The van der Waals surface area contributed by atoms with Crippen LogP contribution in [0, 0.1) is 18.8 Å². The van der Waals surface area contributed by atoms with Crippen molar-refractivity contribution in [3.8, 4) is 0 Å². The van der Waals surface area contributed by atoms with E-state index in [-0.39, 0.29) is 12.5 Å². The maximum Gasteiger partial charge on any atom is 0.0945 e. The number of nitrogens with zero attached hydrogens (tertiary/aromatic N) is 3. The summed E-state index contributed by atoms with van der Waals surface area (Å²) in [6, 6.07) is 6.55. The Kier molecular flexibility index (Phi) is 7.63. The number of aliphatic hydroxyl groups is 1. The molecular formula is C25H34N4O. The van der Waals surface area contributed by atoms with Crippen LogP contribution in [0.15, 0.2) is 55.4 Å². The second kappa shape index (κ2) is 10.4. The zero-order valence-electron chi connectivity index (χ0n) is 18.4. The van der Waals surface area contributed by atoms with E-state index < -0.39 is 0 Å². The third-order valence-corrected chi connectivity index (χ3v) is 6.36. The zero-order valence-corrected chi connectivity index (χ0v) is 18.4. The fourth-order valence-corrected chi connectivity index (χ4v) is 4.40. The lowest BCUT2D eigenvalue weighted by Gasteiger charge is -2.27. The summed E-state index contributed by atoms with van der Waals surface area (Å²) in [6.07, 6.45) is 12.0. The van der Waals surface area contributed by atoms with E-state index in [0.717, 1.165) is 43.5 Å². The molecule has 2 N–H and O–H groups in total. The summed E-state index contributed by atoms with van der Waals surface area (Å²) < 4.78 is 2.03. The van der Waals surface area contributed by atoms with Gasteiger partial charge in [-0.25, -0.2) is 9.97 Å². The summed E-state index contributed by atoms with van der Waals surface area (Å²) in [4.78, 5) is 11.6. The minimum atomic E-state index is 0.168. The molecular weight excluding hydrogens is 372 g/mol. The lowest BCUT2D eigenvalue weighted by atomic mass is 9.80. The van der Waals surface area contributed by atoms with Gasteiger partial charge >= 0.3 is 0 Å². The highest BCUT2D eigenvalue weighted by Gasteiger charge is 2.23. The van der Waals surface area contributed by atoms with Gasteiger partial charge in [-0.1, -0.05) is 37.3 Å². The topological polar surface area (TPSA) is 66.7 Å². The molecule has 0 aliphatic heterocycles. The Morgan fingerprint density at radius 3 is 2.73 bits per heavy atom. The number of hydrogen-bond donors (Lipinski definition) is 2. The van der Waals surface area contributed by atoms with Crippen molar-refractivity contribution < 1.29 is 5.11 Å². The number of allylic oxidation sites excluding steroid dienone is 1. The van der Waals surface area contributed by atoms with Gasteiger partial charge in [0.25, 0.3) is 0 Å². The molecule has 0 aliphatic rings. The first kappa shape index (κ1) is 22.0. The van der Waals surface area contributed by atoms with Crippen molar-refractivity contribution in [2.75, 3.05) is 6.61 Å². The van der Waals surface area contributed by atoms with E-state index >= 15 is 0 Å². The number of aromatic nitrogens is 4. The minimum absolute atomic E-state index is 0.168. The molecule has 0 saturated heterocycles. The van der Waals surface area contributed by atoms with Crippen LogP contribution in [0.1, 0.15) is 47.8 Å². The lowest BCUT2D eigenvalue weighted by molar-refractivity contribution is 0.183. The Hall–Kier alpha value is -2.66. The Balaban J connectivity index is 1.65. The van der Waals surface area contributed by atoms with E-state index in [0.29, 0.717) is 5.92 Å². The summed E-state index contributed by atoms with van der Waals surface area (Å²) >= 11 is 0. The SMILES string of the molecule is C=C(CCc1cccc(Cc2c[nH]cn2)c1C)C(CC)C(CO)Cc1cncn1C. The molecule has 0 amide bonds. The first-order chi connectivity index (χ1) is 14.5. The van der Waals surface area contributed by atoms with Crippen molar-refractivity contribution in [3.05, 3.63) is 83.5 Å². The van der Waals surface area contributed by atoms with Gasteiger partial charge in [-0.15, -0.1) is 0 Å². The van der Waals surface area contributed by atoms with Crippen LogP contribution >= 0.6 is 0 Å². The van der Waals surface area contributed by atoms with Crippen molar-refractivity contribution in [2.24, 2.45) is 18.9 Å². The molecule has 160 valence electrons. The van der Waals surface area contributed by atoms with Crippen molar-refractivity contribution in [1.82, 2.24) is 19.5 Å². The molecule has 3 aromatic rings. The Morgan fingerprint density at radius 1 is 1.30 bits per heavy atom. The van der Waals surface area contributed by atoms with Crippen molar-refractivity contribution in [2.45, 2.75) is 46.0 Å². The first-order valence-electron chi connectivity index (χ1n) is 10.8. The van der Waals surface area contributed by atoms with Gasteiger partial charge in [-0.2, -0.15) is 0 Å². The molecule has 5 nitrogen and oxygen atoms in total. The van der Waals surface area contributed by atoms with Crippen molar-refractivity contribution in [1.29, 1.82) is 0 Å². The molecule has 3 rings (SSSR count). The average Bonchev–Trinajstić information content (AvgIpc) is 3.40. The number of imidazole rings is 2. The van der Waals surface area contributed by atoms with Gasteiger partial charge in [0.15, 0.2) is 0 Å². The molecule has 0 spiro atoms. The fourth-order valence-electron chi connectivity index (χ4n) is 4.40. The number of aliphatic hydroxyl groups excluding tert-OH is 1. The van der Waals surface area contributed by atoms with E-state index in [1.54, 1.807) is 6.33 Å². The summed E-state index contributed by atoms with van der Waals surface area (Å²) in [7, 11) is 2.01. The van der Waals surface area contributed by atoms with E-state index in [1.165, 1.54) is 22.3 Å². The molecule has 2 unspecified atom stereocenters. The van der Waals surface area contributed by atoms with Crippen molar-refractivity contribution in [3.63, 3.8) is 0 Å². The quantitative estimate of drug-likeness (QED) is 0.464. The first-order valence-corrected chi connectivity index (χ1v) is 10.8. The van der Waals surface area contributed by atoms with Gasteiger partial charge < -0.3 is 14.7 Å². The second-order valence-electron chi connectivity index (χ2n) is 8.25. The van der Waals surface area contributed by atoms with Crippen LogP contribution in [-0.2, 0) is 26.3 Å². The molecule has 0 aliphatic carbocycles. The summed E-state index contributed by atoms with van der Waals surface area (Å²) in [5.74, 6) is 0.474. The Labute approximate surface area is 179 Å². The number of aryl methyl sites for hydroxylation is 2. The molecule has 5 heteroatoms. The van der Waals surface area contributed by atoms with E-state index in [2.05, 4.69) is 53.6 Å². The maximum atomic E-state index is 10.1. The third-order valence-electron chi connectivity index (χ3n) is 6.36. The van der Waals surface area contributed by atoms with Gasteiger partial charge in [0.2, 0.25) is 0 Å². The molecule has 2 atom stereocenters. The second-order valence-corrected chi connectivity index (χ2v) is 8.25. The van der Waals surface area contributed by atoms with Crippen LogP contribution in [0.5, 0.6) is 0 Å². The molecule has 0 radical (unpaired) electrons. The Morgan fingerprint density at radius 2 is 2.10 bits per heavy atom. The molecule has 0 bridgehead atoms. The van der Waals surface area contributed by atoms with E-state index in [9.17, 15) is 5.11 Å². The smallest absolute Gasteiger partial charge is 0.0945 e. The van der Waals surface area contributed by atoms with Crippen LogP contribution < -0.4 is 0 Å². The maximum absolute atomic E-state index is 10.1. The largest absolute Gasteiger partial charge is 0.396 e. The molecule has 30 heavy (non-hydrogen) atoms. The predicted molar refractivity (Wildman–Crippen MR) is 121 cm³/mol. The average molecular weight is 407 g/mol. The van der Waals surface area contributed by atoms with Crippen LogP contribution in [0.4, 0.5) is 0 Å². The molecule has 0 fully saturated rings. The number of aromatic amines is 1. The Bertz CT molecular complexity index is 942. The standard InChI is InChI=1S/C25H34N4O/c1-5-25(22(15-30)12-24-14-27-17-29(24)4)18(2)9-10-20-7-6-8-21(19(20)3)11-23-13-26-16-28-23/h6-8,13-14,16-17,22,25,30H,2,5,9-12,15H2,1,3-4H3,(H,26,28). The predicted octanol–water partition coefficient (Wildman–Crippen LogP) is 4.41. The van der Waals surface area contributed by atoms with Crippen LogP contribution in [0.2, 0.25) is 0 Å². The van der Waals surface area contributed by atoms with Gasteiger partial charge in [0.1, 0.15) is 0 Å². The molecule has 0 saturated carbocycles. The number of benzene rings is 1. The number of rotatable bonds is 11. The monoisotopic (exact) mass is 406 g/mol. The molecule has 2 aromatic heterocycles. The highest BCUT2D eigenvalue weighted by molar-refractivity contribution is 5.36. The highest BCUT2D eigenvalue weighted by atomic mass is 16.3. The summed E-state index contributed by atoms with van der Waals surface area (Å²) in [5.41, 5.74) is 7.48. The molecule has 1 aromatic carbocycles. The molecule has 2 heterocycles. The zero-order chi connectivity index (χ0) is 21.5. The van der Waals surface area contributed by atoms with Gasteiger partial charge in [-0.05, 0) is 61.1 Å². The highest BCUT2D eigenvalue weighted by Crippen LogP contribution is 2.30. The number of hydrogen-bond acceptors (Lipinski definition) is 3. The van der Waals surface area contributed by atoms with E-state index in [4.69, 9.17) is 0 Å². The minimum Gasteiger partial charge on any atom is -0.396 e. The summed E-state index contributed by atoms with van der Waals surface area (Å²) in [6.45, 7) is 8.99. The lowest BCUT2D eigenvalue weighted by Crippen LogP contribution is -2.23. The van der Waals surface area contributed by atoms with Crippen LogP contribution in [0.3, 0.4) is 0 Å². The summed E-state index contributed by atoms with van der Waals surface area (Å²) in [5, 5.41) is 10.1. The van der Waals surface area contributed by atoms with Crippen LogP contribution in [0.25, 0.3) is 0 Å². The van der Waals surface area contributed by atoms with Crippen molar-refractivity contribution >= 4 is 0 Å².